The zero-order valence-corrected chi connectivity index (χ0v) is 78.2. The zero-order chi connectivity index (χ0) is 96.6. The van der Waals surface area contributed by atoms with Crippen molar-refractivity contribution in [1.29, 1.82) is 0 Å². The molecule has 0 aliphatic carbocycles. The van der Waals surface area contributed by atoms with E-state index in [0.717, 1.165) is 191 Å². The third kappa shape index (κ3) is 22.3. The Hall–Kier alpha value is -19.7. The molecule has 24 rings (SSSR count). The molecule has 144 heavy (non-hydrogen) atoms. The van der Waals surface area contributed by atoms with Gasteiger partial charge >= 0.3 is 0 Å². The summed E-state index contributed by atoms with van der Waals surface area (Å²) in [7, 11) is 0. The van der Waals surface area contributed by atoms with E-state index in [2.05, 4.69) is 273 Å². The molecule has 0 unspecified atom stereocenters. The molecular formula is C130H90N14. The van der Waals surface area contributed by atoms with E-state index < -0.39 is 0 Å². The maximum absolute atomic E-state index is 5.06. The van der Waals surface area contributed by atoms with Crippen molar-refractivity contribution < 1.29 is 0 Å². The van der Waals surface area contributed by atoms with Crippen LogP contribution in [-0.4, -0.2) is 69.8 Å². The summed E-state index contributed by atoms with van der Waals surface area (Å²) >= 11 is 0. The lowest BCUT2D eigenvalue weighted by molar-refractivity contribution is 1.18. The predicted octanol–water partition coefficient (Wildman–Crippen LogP) is 31.6. The fraction of sp³-hybridized carbons (Fsp3) is 0. The van der Waals surface area contributed by atoms with Gasteiger partial charge in [-0.05, 0) is 225 Å². The highest BCUT2D eigenvalue weighted by Crippen LogP contribution is 2.41. The van der Waals surface area contributed by atoms with Crippen molar-refractivity contribution in [2.24, 2.45) is 0 Å². The second kappa shape index (κ2) is 44.2. The minimum Gasteiger partial charge on any atom is -0.265 e. The normalized spacial score (nSPS) is 10.8. The number of pyridine rings is 6. The first-order valence-corrected chi connectivity index (χ1v) is 47.5. The van der Waals surface area contributed by atoms with Crippen LogP contribution in [0.3, 0.4) is 0 Å². The molecule has 0 saturated carbocycles. The lowest BCUT2D eigenvalue weighted by atomic mass is 9.95. The molecule has 0 radical (unpaired) electrons. The predicted molar refractivity (Wildman–Crippen MR) is 584 cm³/mol. The maximum atomic E-state index is 5.06. The molecular weight excluding hydrogens is 1760 g/mol. The van der Waals surface area contributed by atoms with Crippen molar-refractivity contribution >= 4 is 0 Å². The quantitative estimate of drug-likeness (QED) is 0.0703. The fourth-order valence-corrected chi connectivity index (χ4v) is 17.2. The Bertz CT molecular complexity index is 6430. The highest BCUT2D eigenvalue weighted by molar-refractivity contribution is 5.87. The number of benzene rings is 14. The van der Waals surface area contributed by atoms with Crippen molar-refractivity contribution in [3.8, 4) is 225 Å². The molecule has 0 saturated heterocycles. The lowest BCUT2D eigenvalue weighted by Crippen LogP contribution is -1.97. The molecule has 680 valence electrons. The minimum atomic E-state index is 0.658. The number of nitrogens with zero attached hydrogens (tertiary/aromatic N) is 14. The van der Waals surface area contributed by atoms with E-state index in [9.17, 15) is 0 Å². The molecule has 14 heteroatoms. The minimum absolute atomic E-state index is 0.658. The third-order valence-electron chi connectivity index (χ3n) is 24.4. The third-order valence-corrected chi connectivity index (χ3v) is 24.4. The van der Waals surface area contributed by atoms with Gasteiger partial charge in [0.25, 0.3) is 0 Å². The molecule has 0 fully saturated rings. The molecule has 0 aliphatic rings. The number of hydrogen-bond acceptors (Lipinski definition) is 14. The van der Waals surface area contributed by atoms with Gasteiger partial charge in [-0.2, -0.15) is 0 Å². The topological polar surface area (TPSA) is 180 Å². The van der Waals surface area contributed by atoms with Crippen molar-refractivity contribution in [2.45, 2.75) is 0 Å². The van der Waals surface area contributed by atoms with E-state index in [4.69, 9.17) is 39.9 Å². The molecule has 0 bridgehead atoms. The summed E-state index contributed by atoms with van der Waals surface area (Å²) < 4.78 is 0. The Balaban J connectivity index is 0.000000113. The first-order valence-electron chi connectivity index (χ1n) is 47.5. The van der Waals surface area contributed by atoms with Gasteiger partial charge in [0.2, 0.25) is 0 Å². The van der Waals surface area contributed by atoms with Crippen LogP contribution in [0.2, 0.25) is 0 Å². The van der Waals surface area contributed by atoms with Gasteiger partial charge in [0, 0.05) is 139 Å². The van der Waals surface area contributed by atoms with E-state index in [1.807, 2.05) is 304 Å². The van der Waals surface area contributed by atoms with Crippen molar-refractivity contribution in [3.63, 3.8) is 0 Å². The smallest absolute Gasteiger partial charge is 0.160 e. The van der Waals surface area contributed by atoms with Crippen LogP contribution in [-0.2, 0) is 0 Å². The molecule has 0 spiro atoms. The first-order chi connectivity index (χ1) is 71.3. The number of aromatic nitrogens is 14. The summed E-state index contributed by atoms with van der Waals surface area (Å²) in [4.78, 5) is 66.6. The Morgan fingerprint density at radius 1 is 0.0903 bits per heavy atom. The van der Waals surface area contributed by atoms with Crippen LogP contribution in [0.25, 0.3) is 225 Å². The molecule has 14 nitrogen and oxygen atoms in total. The van der Waals surface area contributed by atoms with Crippen molar-refractivity contribution in [2.75, 3.05) is 0 Å². The highest BCUT2D eigenvalue weighted by atomic mass is 14.9. The second-order valence-corrected chi connectivity index (χ2v) is 34.1. The van der Waals surface area contributed by atoms with Crippen LogP contribution in [0.15, 0.2) is 547 Å². The molecule has 0 amide bonds. The first kappa shape index (κ1) is 90.8. The Kier molecular flexibility index (Phi) is 27.8. The van der Waals surface area contributed by atoms with Crippen LogP contribution < -0.4 is 0 Å². The van der Waals surface area contributed by atoms with Gasteiger partial charge in [-0.15, -0.1) is 0 Å². The molecule has 24 aromatic rings. The van der Waals surface area contributed by atoms with Gasteiger partial charge in [-0.25, -0.2) is 39.9 Å². The van der Waals surface area contributed by atoms with Crippen LogP contribution in [0.5, 0.6) is 0 Å². The van der Waals surface area contributed by atoms with E-state index in [-0.39, 0.29) is 0 Å². The highest BCUT2D eigenvalue weighted by Gasteiger charge is 2.21. The Morgan fingerprint density at radius 2 is 0.236 bits per heavy atom. The lowest BCUT2D eigenvalue weighted by Gasteiger charge is -2.13. The SMILES string of the molecule is c1ccc(-c2cc(-c3ccccc3)cc(-c3nc(-c4ccccc4)cc(-c4ccccc4)n3)c2)cc1.c1ccc(-c2cc(-c3ccccc3)nc(-c3cc(-c4ccccn4)cc(-c4ccccn4)c3)n2)cc1.c1ccc(-c2cc(-c3ccccc3)nc(-c3cc(-c4ccncc4)cc(-c4ccccn4)c3)n2)cc1.c1ccc(-c2cc(-c3ccccc3)nc(-c3cc(-c4ccncc4)cc(-c4ccncc4)c3)n2)cc1. The van der Waals surface area contributed by atoms with Crippen LogP contribution >= 0.6 is 0 Å². The van der Waals surface area contributed by atoms with Crippen LogP contribution in [0, 0.1) is 0 Å². The fourth-order valence-electron chi connectivity index (χ4n) is 17.2. The Labute approximate surface area is 836 Å². The standard InChI is InChI=1S/C34H24N2.3C32H22N4/c1-5-13-25(14-6-1)29-21-30(26-15-7-2-8-16-26)23-31(22-29)34-35-32(27-17-9-3-10-18-27)24-33(36-34)28-19-11-4-12-20-28;1-3-11-23(12-4-1)30-22-31(24-13-5-2-6-14-24)36-32(35-30)27-20-25(28-15-7-9-17-33-28)19-26(21-27)29-16-8-10-18-34-29;1-3-9-24(10-4-1)30-22-31(25-11-5-2-6-12-25)36-32(35-30)28-20-26(23-14-17-33-18-15-23)19-27(21-28)29-13-7-8-16-34-29;1-3-7-25(8-4-1)30-22-31(26-9-5-2-6-10-26)36-32(35-30)29-20-27(23-11-15-33-16-12-23)19-28(21-29)24-13-17-34-18-14-24/h1-24H;3*1-22H. The van der Waals surface area contributed by atoms with Gasteiger partial charge in [0.15, 0.2) is 23.3 Å². The van der Waals surface area contributed by atoms with Gasteiger partial charge in [0.1, 0.15) is 0 Å². The van der Waals surface area contributed by atoms with Gasteiger partial charge in [-0.1, -0.05) is 322 Å². The van der Waals surface area contributed by atoms with Crippen molar-refractivity contribution in [3.05, 3.63) is 547 Å². The molecule has 0 aliphatic heterocycles. The molecule has 14 aromatic carbocycles. The van der Waals surface area contributed by atoms with Crippen LogP contribution in [0.1, 0.15) is 0 Å². The van der Waals surface area contributed by atoms with E-state index in [1.165, 1.54) is 11.1 Å². The van der Waals surface area contributed by atoms with Gasteiger partial charge in [0.05, 0.1) is 62.6 Å². The molecule has 10 heterocycles. The second-order valence-electron chi connectivity index (χ2n) is 34.1. The number of hydrogen-bond donors (Lipinski definition) is 0. The molecule has 0 N–H and O–H groups in total. The van der Waals surface area contributed by atoms with E-state index >= 15 is 0 Å². The van der Waals surface area contributed by atoms with Crippen LogP contribution in [0.4, 0.5) is 0 Å². The monoisotopic (exact) mass is 1850 g/mol. The maximum Gasteiger partial charge on any atom is 0.160 e. The summed E-state index contributed by atoms with van der Waals surface area (Å²) in [5, 5.41) is 0. The Morgan fingerprint density at radius 3 is 0.417 bits per heavy atom. The summed E-state index contributed by atoms with van der Waals surface area (Å²) in [5.41, 5.74) is 36.1. The summed E-state index contributed by atoms with van der Waals surface area (Å²) in [5.74, 6) is 2.72. The molecule has 10 aromatic heterocycles. The number of rotatable bonds is 20. The van der Waals surface area contributed by atoms with E-state index in [1.54, 1.807) is 0 Å². The zero-order valence-electron chi connectivity index (χ0n) is 78.2. The average Bonchev–Trinajstić information content (AvgIpc) is 0.793. The van der Waals surface area contributed by atoms with Gasteiger partial charge < -0.3 is 0 Å². The largest absolute Gasteiger partial charge is 0.265 e. The summed E-state index contributed by atoms with van der Waals surface area (Å²) in [6.45, 7) is 0. The van der Waals surface area contributed by atoms with E-state index in [0.29, 0.717) is 23.3 Å². The summed E-state index contributed by atoms with van der Waals surface area (Å²) in [6, 6.07) is 167. The van der Waals surface area contributed by atoms with Crippen molar-refractivity contribution in [1.82, 2.24) is 69.8 Å². The van der Waals surface area contributed by atoms with Gasteiger partial charge in [-0.3, -0.25) is 29.9 Å². The summed E-state index contributed by atoms with van der Waals surface area (Å²) in [6.07, 6.45) is 16.3. The average molecular weight is 1850 g/mol. The molecule has 0 atom stereocenters.